The van der Waals surface area contributed by atoms with Gasteiger partial charge in [-0.2, -0.15) is 5.10 Å². The zero-order valence-electron chi connectivity index (χ0n) is 9.93. The van der Waals surface area contributed by atoms with Crippen molar-refractivity contribution < 1.29 is 4.74 Å². The summed E-state index contributed by atoms with van der Waals surface area (Å²) < 4.78 is 7.49. The zero-order chi connectivity index (χ0) is 11.4. The van der Waals surface area contributed by atoms with Gasteiger partial charge in [-0.05, 0) is 38.2 Å². The van der Waals surface area contributed by atoms with Gasteiger partial charge in [0, 0.05) is 25.9 Å². The molecule has 1 aromatic rings. The minimum atomic E-state index is 0.0479. The molecule has 0 amide bonds. The first-order chi connectivity index (χ1) is 7.75. The molecule has 2 heterocycles. The highest BCUT2D eigenvalue weighted by Gasteiger charge is 2.16. The van der Waals surface area contributed by atoms with Crippen LogP contribution in [-0.4, -0.2) is 22.5 Å². The van der Waals surface area contributed by atoms with E-state index < -0.39 is 0 Å². The van der Waals surface area contributed by atoms with Gasteiger partial charge in [0.1, 0.15) is 0 Å². The summed E-state index contributed by atoms with van der Waals surface area (Å²) >= 11 is 0. The van der Waals surface area contributed by atoms with Crippen LogP contribution in [0.2, 0.25) is 0 Å². The summed E-state index contributed by atoms with van der Waals surface area (Å²) in [5, 5.41) is 4.33. The van der Waals surface area contributed by atoms with Crippen molar-refractivity contribution in [2.24, 2.45) is 12.8 Å². The van der Waals surface area contributed by atoms with Crippen molar-refractivity contribution in [1.29, 1.82) is 0 Å². The summed E-state index contributed by atoms with van der Waals surface area (Å²) in [6.45, 7) is 0.920. The quantitative estimate of drug-likeness (QED) is 0.846. The lowest BCUT2D eigenvalue weighted by Gasteiger charge is -2.23. The highest BCUT2D eigenvalue weighted by molar-refractivity contribution is 5.04. The topological polar surface area (TPSA) is 53.1 Å². The molecule has 1 aliphatic rings. The lowest BCUT2D eigenvalue weighted by molar-refractivity contribution is 0.00907. The fourth-order valence-electron chi connectivity index (χ4n) is 2.18. The van der Waals surface area contributed by atoms with Crippen LogP contribution in [0.1, 0.15) is 43.8 Å². The van der Waals surface area contributed by atoms with Crippen molar-refractivity contribution in [3.8, 4) is 0 Å². The number of aromatic nitrogens is 2. The molecular formula is C12H21N3O. The molecule has 2 atom stereocenters. The Bertz CT molecular complexity index is 318. The van der Waals surface area contributed by atoms with E-state index >= 15 is 0 Å². The van der Waals surface area contributed by atoms with Crippen molar-refractivity contribution in [1.82, 2.24) is 9.78 Å². The average Bonchev–Trinajstić information content (AvgIpc) is 2.74. The largest absolute Gasteiger partial charge is 0.378 e. The molecular weight excluding hydrogens is 202 g/mol. The Hall–Kier alpha value is -0.870. The van der Waals surface area contributed by atoms with E-state index in [0.717, 1.165) is 25.1 Å². The van der Waals surface area contributed by atoms with Crippen molar-refractivity contribution in [2.45, 2.75) is 44.2 Å². The summed E-state index contributed by atoms with van der Waals surface area (Å²) in [5.41, 5.74) is 7.08. The van der Waals surface area contributed by atoms with Gasteiger partial charge in [-0.3, -0.25) is 4.68 Å². The third-order valence-corrected chi connectivity index (χ3v) is 3.19. The highest BCUT2D eigenvalue weighted by atomic mass is 16.5. The zero-order valence-corrected chi connectivity index (χ0v) is 9.93. The van der Waals surface area contributed by atoms with Gasteiger partial charge < -0.3 is 10.5 Å². The van der Waals surface area contributed by atoms with Crippen LogP contribution in [0, 0.1) is 0 Å². The Kier molecular flexibility index (Phi) is 3.96. The second-order valence-corrected chi connectivity index (χ2v) is 4.59. The molecule has 0 aromatic carbocycles. The van der Waals surface area contributed by atoms with Gasteiger partial charge in [0.25, 0.3) is 0 Å². The van der Waals surface area contributed by atoms with E-state index in [9.17, 15) is 0 Å². The summed E-state index contributed by atoms with van der Waals surface area (Å²) in [6.07, 6.45) is 8.07. The smallest absolute Gasteiger partial charge is 0.0791 e. The fourth-order valence-corrected chi connectivity index (χ4v) is 2.18. The molecule has 4 nitrogen and oxygen atoms in total. The minimum Gasteiger partial charge on any atom is -0.378 e. The van der Waals surface area contributed by atoms with Crippen LogP contribution < -0.4 is 5.73 Å². The first kappa shape index (κ1) is 11.6. The first-order valence-corrected chi connectivity index (χ1v) is 6.12. The first-order valence-electron chi connectivity index (χ1n) is 6.12. The Balaban J connectivity index is 1.76. The molecule has 1 saturated heterocycles. The number of rotatable bonds is 4. The highest BCUT2D eigenvalue weighted by Crippen LogP contribution is 2.21. The van der Waals surface area contributed by atoms with Gasteiger partial charge in [0.2, 0.25) is 0 Å². The normalized spacial score (nSPS) is 23.2. The van der Waals surface area contributed by atoms with E-state index in [1.807, 2.05) is 19.3 Å². The fraction of sp³-hybridized carbons (Fsp3) is 0.750. The van der Waals surface area contributed by atoms with Crippen LogP contribution in [0.4, 0.5) is 0 Å². The van der Waals surface area contributed by atoms with Crippen LogP contribution in [0.3, 0.4) is 0 Å². The predicted octanol–water partition coefficient (Wildman–Crippen LogP) is 1.77. The second kappa shape index (κ2) is 5.46. The third-order valence-electron chi connectivity index (χ3n) is 3.19. The molecule has 2 rings (SSSR count). The molecule has 0 saturated carbocycles. The maximum atomic E-state index is 6.09. The van der Waals surface area contributed by atoms with Gasteiger partial charge in [0.05, 0.1) is 11.8 Å². The van der Waals surface area contributed by atoms with Crippen molar-refractivity contribution in [3.05, 3.63) is 18.0 Å². The maximum absolute atomic E-state index is 6.09. The number of nitrogens with zero attached hydrogens (tertiary/aromatic N) is 2. The number of hydrogen-bond donors (Lipinski definition) is 1. The van der Waals surface area contributed by atoms with Gasteiger partial charge in [-0.1, -0.05) is 0 Å². The van der Waals surface area contributed by atoms with Gasteiger partial charge in [0.15, 0.2) is 0 Å². The molecule has 0 aliphatic carbocycles. The third kappa shape index (κ3) is 3.06. The molecule has 1 aliphatic heterocycles. The van der Waals surface area contributed by atoms with Crippen LogP contribution in [0.25, 0.3) is 0 Å². The van der Waals surface area contributed by atoms with Crippen molar-refractivity contribution in [3.63, 3.8) is 0 Å². The molecule has 16 heavy (non-hydrogen) atoms. The Morgan fingerprint density at radius 1 is 1.62 bits per heavy atom. The lowest BCUT2D eigenvalue weighted by atomic mass is 10.0. The Morgan fingerprint density at radius 3 is 3.12 bits per heavy atom. The Morgan fingerprint density at radius 2 is 2.50 bits per heavy atom. The summed E-state index contributed by atoms with van der Waals surface area (Å²) in [5.74, 6) is 0. The number of aryl methyl sites for hydroxylation is 1. The molecule has 0 radical (unpaired) electrons. The number of nitrogens with two attached hydrogens (primary N) is 1. The van der Waals surface area contributed by atoms with Crippen LogP contribution in [-0.2, 0) is 11.8 Å². The van der Waals surface area contributed by atoms with Crippen LogP contribution >= 0.6 is 0 Å². The SMILES string of the molecule is Cn1ccc(C(N)CCC2CCCCO2)n1. The molecule has 90 valence electrons. The summed E-state index contributed by atoms with van der Waals surface area (Å²) in [7, 11) is 1.92. The molecule has 2 N–H and O–H groups in total. The van der Waals surface area contributed by atoms with Gasteiger partial charge in [-0.15, -0.1) is 0 Å². The van der Waals surface area contributed by atoms with Crippen LogP contribution in [0.5, 0.6) is 0 Å². The van der Waals surface area contributed by atoms with E-state index in [-0.39, 0.29) is 6.04 Å². The molecule has 2 unspecified atom stereocenters. The van der Waals surface area contributed by atoms with Gasteiger partial charge in [-0.25, -0.2) is 0 Å². The van der Waals surface area contributed by atoms with Gasteiger partial charge >= 0.3 is 0 Å². The standard InChI is InChI=1S/C12H21N3O/c1-15-8-7-12(14-15)11(13)6-5-10-4-2-3-9-16-10/h7-8,10-11H,2-6,9,13H2,1H3. The second-order valence-electron chi connectivity index (χ2n) is 4.59. The minimum absolute atomic E-state index is 0.0479. The predicted molar refractivity (Wildman–Crippen MR) is 63.0 cm³/mol. The van der Waals surface area contributed by atoms with E-state index in [1.54, 1.807) is 4.68 Å². The summed E-state index contributed by atoms with van der Waals surface area (Å²) in [6, 6.07) is 2.04. The average molecular weight is 223 g/mol. The maximum Gasteiger partial charge on any atom is 0.0791 e. The molecule has 4 heteroatoms. The monoisotopic (exact) mass is 223 g/mol. The summed E-state index contributed by atoms with van der Waals surface area (Å²) in [4.78, 5) is 0. The van der Waals surface area contributed by atoms with Crippen molar-refractivity contribution >= 4 is 0 Å². The molecule has 1 fully saturated rings. The lowest BCUT2D eigenvalue weighted by Crippen LogP contribution is -2.21. The van der Waals surface area contributed by atoms with Crippen molar-refractivity contribution in [2.75, 3.05) is 6.61 Å². The van der Waals surface area contributed by atoms with E-state index in [2.05, 4.69) is 5.10 Å². The van der Waals surface area contributed by atoms with E-state index in [1.165, 1.54) is 19.3 Å². The number of hydrogen-bond acceptors (Lipinski definition) is 3. The number of ether oxygens (including phenoxy) is 1. The van der Waals surface area contributed by atoms with E-state index in [0.29, 0.717) is 6.10 Å². The van der Waals surface area contributed by atoms with E-state index in [4.69, 9.17) is 10.5 Å². The molecule has 0 spiro atoms. The van der Waals surface area contributed by atoms with Crippen LogP contribution in [0.15, 0.2) is 12.3 Å². The Labute approximate surface area is 96.8 Å². The molecule has 1 aromatic heterocycles. The molecule has 0 bridgehead atoms.